The van der Waals surface area contributed by atoms with E-state index in [0.717, 1.165) is 11.3 Å². The molecule has 0 aliphatic rings. The highest BCUT2D eigenvalue weighted by Gasteiger charge is 2.15. The van der Waals surface area contributed by atoms with Gasteiger partial charge in [-0.3, -0.25) is 4.79 Å². The van der Waals surface area contributed by atoms with Crippen molar-refractivity contribution in [2.45, 2.75) is 13.3 Å². The Bertz CT molecular complexity index is 697. The van der Waals surface area contributed by atoms with E-state index in [-0.39, 0.29) is 17.4 Å². The molecule has 1 aromatic carbocycles. The van der Waals surface area contributed by atoms with Crippen molar-refractivity contribution < 1.29 is 15.0 Å². The predicted octanol–water partition coefficient (Wildman–Crippen LogP) is 1.46. The molecule has 0 saturated heterocycles. The van der Waals surface area contributed by atoms with Crippen molar-refractivity contribution >= 4 is 28.6 Å². The van der Waals surface area contributed by atoms with Crippen LogP contribution >= 0.6 is 11.3 Å². The number of benzene rings is 1. The summed E-state index contributed by atoms with van der Waals surface area (Å²) in [5.74, 6) is -0.863. The second-order valence-corrected chi connectivity index (χ2v) is 5.16. The quantitative estimate of drug-likeness (QED) is 0.387. The Kier molecular flexibility index (Phi) is 4.39. The third-order valence-electron chi connectivity index (χ3n) is 2.63. The van der Waals surface area contributed by atoms with Crippen molar-refractivity contribution in [2.75, 3.05) is 5.73 Å². The lowest BCUT2D eigenvalue weighted by molar-refractivity contribution is 0.0958. The second kappa shape index (κ2) is 6.23. The number of nitrogen functional groups attached to an aromatic ring is 1. The van der Waals surface area contributed by atoms with Crippen molar-refractivity contribution in [2.24, 2.45) is 5.10 Å². The van der Waals surface area contributed by atoms with Gasteiger partial charge in [-0.15, -0.1) is 0 Å². The van der Waals surface area contributed by atoms with Crippen LogP contribution in [0.2, 0.25) is 0 Å². The summed E-state index contributed by atoms with van der Waals surface area (Å²) in [7, 11) is 0. The van der Waals surface area contributed by atoms with Crippen LogP contribution in [0.4, 0.5) is 5.13 Å². The van der Waals surface area contributed by atoms with Crippen molar-refractivity contribution in [1.29, 1.82) is 0 Å². The van der Waals surface area contributed by atoms with Gasteiger partial charge in [0.25, 0.3) is 5.91 Å². The number of nitrogens with zero attached hydrogens (tertiary/aromatic N) is 2. The maximum atomic E-state index is 11.9. The third kappa shape index (κ3) is 3.48. The van der Waals surface area contributed by atoms with Crippen LogP contribution in [0.3, 0.4) is 0 Å². The number of hydrogen-bond donors (Lipinski definition) is 4. The molecular formula is C13H14N4O3S. The molecular weight excluding hydrogens is 292 g/mol. The number of nitrogens with one attached hydrogen (secondary N) is 1. The molecule has 2 rings (SSSR count). The van der Waals surface area contributed by atoms with Gasteiger partial charge in [-0.1, -0.05) is 18.3 Å². The van der Waals surface area contributed by atoms with Crippen LogP contribution in [-0.2, 0) is 6.42 Å². The van der Waals surface area contributed by atoms with Gasteiger partial charge in [0.05, 0.1) is 11.9 Å². The van der Waals surface area contributed by atoms with Crippen LogP contribution in [-0.4, -0.2) is 27.3 Å². The Morgan fingerprint density at radius 1 is 1.48 bits per heavy atom. The van der Waals surface area contributed by atoms with Gasteiger partial charge in [-0.25, -0.2) is 10.4 Å². The number of aromatic hydroxyl groups is 2. The first kappa shape index (κ1) is 14.8. The van der Waals surface area contributed by atoms with Crippen LogP contribution in [0.5, 0.6) is 11.5 Å². The molecule has 21 heavy (non-hydrogen) atoms. The summed E-state index contributed by atoms with van der Waals surface area (Å²) in [5, 5.41) is 22.7. The molecule has 0 radical (unpaired) electrons. The van der Waals surface area contributed by atoms with E-state index in [1.165, 1.54) is 18.3 Å². The van der Waals surface area contributed by atoms with Crippen molar-refractivity contribution in [3.63, 3.8) is 0 Å². The molecule has 0 fully saturated rings. The molecule has 110 valence electrons. The monoisotopic (exact) mass is 306 g/mol. The number of carbonyl (C=O) groups excluding carboxylic acids is 1. The van der Waals surface area contributed by atoms with Gasteiger partial charge in [-0.2, -0.15) is 5.10 Å². The Labute approximate surface area is 124 Å². The van der Waals surface area contributed by atoms with Crippen LogP contribution in [0.15, 0.2) is 23.3 Å². The summed E-state index contributed by atoms with van der Waals surface area (Å²) in [6.07, 6.45) is 1.96. The van der Waals surface area contributed by atoms with Gasteiger partial charge < -0.3 is 15.9 Å². The standard InChI is InChI=1S/C13H14N4O3S/c1-2-8-11(21-13(14)16-8)12(20)17-15-6-7-3-4-9(18)10(19)5-7/h3-6,18-19H,2H2,1H3,(H2,14,16)(H,17,20)/b15-6-. The maximum Gasteiger partial charge on any atom is 0.283 e. The number of phenols is 2. The number of aromatic nitrogens is 1. The molecule has 0 atom stereocenters. The predicted molar refractivity (Wildman–Crippen MR) is 80.7 cm³/mol. The Morgan fingerprint density at radius 2 is 2.24 bits per heavy atom. The van der Waals surface area contributed by atoms with E-state index in [1.54, 1.807) is 6.07 Å². The molecule has 0 spiro atoms. The van der Waals surface area contributed by atoms with Crippen LogP contribution in [0.25, 0.3) is 0 Å². The molecule has 0 aliphatic heterocycles. The van der Waals surface area contributed by atoms with E-state index in [1.807, 2.05) is 6.92 Å². The number of thiazole rings is 1. The fourth-order valence-corrected chi connectivity index (χ4v) is 2.44. The van der Waals surface area contributed by atoms with Gasteiger partial charge in [0, 0.05) is 0 Å². The Morgan fingerprint density at radius 3 is 2.90 bits per heavy atom. The van der Waals surface area contributed by atoms with Gasteiger partial charge in [0.2, 0.25) is 0 Å². The van der Waals surface area contributed by atoms with Crippen molar-refractivity contribution in [3.8, 4) is 11.5 Å². The number of hydrogen-bond acceptors (Lipinski definition) is 7. The van der Waals surface area contributed by atoms with Gasteiger partial charge in [0.15, 0.2) is 16.6 Å². The number of carbonyl (C=O) groups is 1. The number of amides is 1. The minimum atomic E-state index is -0.389. The minimum Gasteiger partial charge on any atom is -0.504 e. The van der Waals surface area contributed by atoms with Crippen molar-refractivity contribution in [3.05, 3.63) is 34.3 Å². The normalized spacial score (nSPS) is 10.9. The zero-order valence-electron chi connectivity index (χ0n) is 11.2. The molecule has 0 bridgehead atoms. The lowest BCUT2D eigenvalue weighted by Crippen LogP contribution is -2.17. The molecule has 5 N–H and O–H groups in total. The summed E-state index contributed by atoms with van der Waals surface area (Å²) < 4.78 is 0. The number of phenolic OH excluding ortho intramolecular Hbond substituents is 2. The van der Waals surface area contributed by atoms with Gasteiger partial charge in [0.1, 0.15) is 4.88 Å². The fraction of sp³-hybridized carbons (Fsp3) is 0.154. The average molecular weight is 306 g/mol. The summed E-state index contributed by atoms with van der Waals surface area (Å²) in [4.78, 5) is 16.4. The molecule has 1 aromatic heterocycles. The molecule has 8 heteroatoms. The topological polar surface area (TPSA) is 121 Å². The first-order chi connectivity index (χ1) is 10.0. The summed E-state index contributed by atoms with van der Waals surface area (Å²) in [6, 6.07) is 4.21. The van der Waals surface area contributed by atoms with E-state index in [4.69, 9.17) is 5.73 Å². The zero-order valence-corrected chi connectivity index (χ0v) is 12.0. The summed E-state index contributed by atoms with van der Waals surface area (Å²) in [5.41, 5.74) is 9.12. The highest BCUT2D eigenvalue weighted by atomic mass is 32.1. The second-order valence-electron chi connectivity index (χ2n) is 4.13. The first-order valence-corrected chi connectivity index (χ1v) is 6.93. The summed E-state index contributed by atoms with van der Waals surface area (Å²) >= 11 is 1.11. The first-order valence-electron chi connectivity index (χ1n) is 6.11. The van der Waals surface area contributed by atoms with Crippen LogP contribution in [0.1, 0.15) is 27.9 Å². The molecule has 0 unspecified atom stereocenters. The highest BCUT2D eigenvalue weighted by molar-refractivity contribution is 7.17. The molecule has 0 aliphatic carbocycles. The number of nitrogens with two attached hydrogens (primary N) is 1. The van der Waals surface area contributed by atoms with E-state index >= 15 is 0 Å². The molecule has 1 heterocycles. The lowest BCUT2D eigenvalue weighted by atomic mass is 10.2. The number of aryl methyl sites for hydroxylation is 1. The smallest absolute Gasteiger partial charge is 0.283 e. The van der Waals surface area contributed by atoms with Crippen LogP contribution < -0.4 is 11.2 Å². The molecule has 0 saturated carbocycles. The SMILES string of the molecule is CCc1nc(N)sc1C(=O)N/N=C\c1ccc(O)c(O)c1. The van der Waals surface area contributed by atoms with E-state index in [0.29, 0.717) is 27.7 Å². The lowest BCUT2D eigenvalue weighted by Gasteiger charge is -2.00. The third-order valence-corrected chi connectivity index (χ3v) is 3.56. The van der Waals surface area contributed by atoms with Gasteiger partial charge in [-0.05, 0) is 30.2 Å². The van der Waals surface area contributed by atoms with E-state index < -0.39 is 0 Å². The minimum absolute atomic E-state index is 0.219. The maximum absolute atomic E-state index is 11.9. The van der Waals surface area contributed by atoms with E-state index in [9.17, 15) is 15.0 Å². The molecule has 2 aromatic rings. The number of rotatable bonds is 4. The van der Waals surface area contributed by atoms with Gasteiger partial charge >= 0.3 is 0 Å². The fourth-order valence-electron chi connectivity index (χ4n) is 1.62. The number of hydrazone groups is 1. The molecule has 1 amide bonds. The Hall–Kier alpha value is -2.61. The van der Waals surface area contributed by atoms with Crippen LogP contribution in [0, 0.1) is 0 Å². The van der Waals surface area contributed by atoms with E-state index in [2.05, 4.69) is 15.5 Å². The molecule has 7 nitrogen and oxygen atoms in total. The number of anilines is 1. The largest absolute Gasteiger partial charge is 0.504 e. The average Bonchev–Trinajstić information content (AvgIpc) is 2.84. The summed E-state index contributed by atoms with van der Waals surface area (Å²) in [6.45, 7) is 1.88. The Balaban J connectivity index is 2.06. The zero-order chi connectivity index (χ0) is 15.4. The van der Waals surface area contributed by atoms with Crippen molar-refractivity contribution in [1.82, 2.24) is 10.4 Å². The highest BCUT2D eigenvalue weighted by Crippen LogP contribution is 2.24.